The Labute approximate surface area is 220 Å². The monoisotopic (exact) mass is 521 g/mol. The molecule has 0 aliphatic rings. The van der Waals surface area contributed by atoms with Crippen LogP contribution >= 0.6 is 23.2 Å². The van der Waals surface area contributed by atoms with Gasteiger partial charge in [-0.2, -0.15) is 5.10 Å². The maximum Gasteiger partial charge on any atom is 0.248 e. The van der Waals surface area contributed by atoms with E-state index in [-0.39, 0.29) is 5.91 Å². The summed E-state index contributed by atoms with van der Waals surface area (Å²) in [5.41, 5.74) is 4.18. The van der Waals surface area contributed by atoms with Crippen molar-refractivity contribution in [2.75, 3.05) is 12.4 Å². The number of anilines is 1. The molecule has 1 N–H and O–H groups in total. The standard InChI is InChI=1S/C28H25Cl2N3O3/c1-19-5-3-6-23(13-19)36-18-21-14-20(9-11-27(21)35-2)10-12-28(34)32-22-15-31-33(16-22)17-24-25(29)7-4-8-26(24)30/h3-16H,17-18H2,1-2H3,(H,32,34)/b12-10+. The summed E-state index contributed by atoms with van der Waals surface area (Å²) in [6.45, 7) is 2.75. The molecule has 4 aromatic rings. The van der Waals surface area contributed by atoms with Crippen molar-refractivity contribution in [1.82, 2.24) is 9.78 Å². The SMILES string of the molecule is COc1ccc(/C=C/C(=O)Nc2cnn(Cc3c(Cl)cccc3Cl)c2)cc1COc1cccc(C)c1. The number of aromatic nitrogens is 2. The van der Waals surface area contributed by atoms with Gasteiger partial charge in [0.25, 0.3) is 0 Å². The zero-order chi connectivity index (χ0) is 25.5. The summed E-state index contributed by atoms with van der Waals surface area (Å²) in [5, 5.41) is 8.22. The highest BCUT2D eigenvalue weighted by Gasteiger charge is 2.09. The Morgan fingerprint density at radius 1 is 1.08 bits per heavy atom. The van der Waals surface area contributed by atoms with Crippen LogP contribution in [0.3, 0.4) is 0 Å². The molecular weight excluding hydrogens is 497 g/mol. The van der Waals surface area contributed by atoms with Gasteiger partial charge in [0.2, 0.25) is 5.91 Å². The second kappa shape index (κ2) is 11.8. The molecule has 184 valence electrons. The molecule has 3 aromatic carbocycles. The van der Waals surface area contributed by atoms with Gasteiger partial charge in [-0.25, -0.2) is 0 Å². The number of carbonyl (C=O) groups is 1. The van der Waals surface area contributed by atoms with E-state index in [0.29, 0.717) is 28.9 Å². The quantitative estimate of drug-likeness (QED) is 0.246. The fourth-order valence-electron chi connectivity index (χ4n) is 3.60. The van der Waals surface area contributed by atoms with E-state index < -0.39 is 0 Å². The first kappa shape index (κ1) is 25.4. The Hall–Kier alpha value is -3.74. The third kappa shape index (κ3) is 6.68. The van der Waals surface area contributed by atoms with Crippen LogP contribution in [0.5, 0.6) is 11.5 Å². The van der Waals surface area contributed by atoms with Crippen LogP contribution in [0.4, 0.5) is 5.69 Å². The number of hydrogen-bond acceptors (Lipinski definition) is 4. The van der Waals surface area contributed by atoms with E-state index >= 15 is 0 Å². The molecule has 1 aromatic heterocycles. The second-order valence-electron chi connectivity index (χ2n) is 8.13. The van der Waals surface area contributed by atoms with E-state index in [0.717, 1.165) is 33.8 Å². The molecule has 0 aliphatic carbocycles. The molecule has 36 heavy (non-hydrogen) atoms. The minimum atomic E-state index is -0.279. The molecule has 0 atom stereocenters. The van der Waals surface area contributed by atoms with Crippen LogP contribution in [0.2, 0.25) is 10.0 Å². The van der Waals surface area contributed by atoms with Crippen LogP contribution in [0, 0.1) is 6.92 Å². The summed E-state index contributed by atoms with van der Waals surface area (Å²) in [6.07, 6.45) is 6.50. The highest BCUT2D eigenvalue weighted by Crippen LogP contribution is 2.26. The summed E-state index contributed by atoms with van der Waals surface area (Å²) >= 11 is 12.5. The predicted molar refractivity (Wildman–Crippen MR) is 144 cm³/mol. The summed E-state index contributed by atoms with van der Waals surface area (Å²) in [6, 6.07) is 18.9. The van der Waals surface area contributed by atoms with Crippen LogP contribution in [0.25, 0.3) is 6.08 Å². The first-order chi connectivity index (χ1) is 17.4. The molecule has 0 spiro atoms. The number of ether oxygens (including phenoxy) is 2. The maximum absolute atomic E-state index is 12.5. The average molecular weight is 522 g/mol. The smallest absolute Gasteiger partial charge is 0.248 e. The maximum atomic E-state index is 12.5. The number of amides is 1. The molecule has 1 amide bonds. The summed E-state index contributed by atoms with van der Waals surface area (Å²) in [4.78, 5) is 12.5. The van der Waals surface area contributed by atoms with Crippen LogP contribution in [0.1, 0.15) is 22.3 Å². The van der Waals surface area contributed by atoms with Gasteiger partial charge in [0, 0.05) is 33.4 Å². The van der Waals surface area contributed by atoms with Gasteiger partial charge >= 0.3 is 0 Å². The minimum absolute atomic E-state index is 0.279. The molecule has 0 aliphatic heterocycles. The lowest BCUT2D eigenvalue weighted by atomic mass is 10.1. The Morgan fingerprint density at radius 2 is 1.86 bits per heavy atom. The zero-order valence-corrected chi connectivity index (χ0v) is 21.4. The van der Waals surface area contributed by atoms with Gasteiger partial charge in [0.1, 0.15) is 18.1 Å². The minimum Gasteiger partial charge on any atom is -0.496 e. The van der Waals surface area contributed by atoms with Crippen molar-refractivity contribution < 1.29 is 14.3 Å². The summed E-state index contributed by atoms with van der Waals surface area (Å²) < 4.78 is 13.1. The van der Waals surface area contributed by atoms with Crippen LogP contribution in [-0.2, 0) is 17.9 Å². The number of aryl methyl sites for hydroxylation is 1. The number of carbonyl (C=O) groups excluding carboxylic acids is 1. The van der Waals surface area contributed by atoms with Crippen molar-refractivity contribution in [3.05, 3.63) is 111 Å². The lowest BCUT2D eigenvalue weighted by Gasteiger charge is -2.11. The normalized spacial score (nSPS) is 11.0. The molecule has 0 saturated carbocycles. The third-order valence-electron chi connectivity index (χ3n) is 5.40. The number of nitrogens with zero attached hydrogens (tertiary/aromatic N) is 2. The number of halogens is 2. The molecule has 6 nitrogen and oxygen atoms in total. The number of rotatable bonds is 9. The molecule has 0 radical (unpaired) electrons. The highest BCUT2D eigenvalue weighted by molar-refractivity contribution is 6.35. The average Bonchev–Trinajstić information content (AvgIpc) is 3.30. The van der Waals surface area contributed by atoms with E-state index in [2.05, 4.69) is 10.4 Å². The molecule has 4 rings (SSSR count). The van der Waals surface area contributed by atoms with Gasteiger partial charge in [0.05, 0.1) is 25.5 Å². The lowest BCUT2D eigenvalue weighted by Crippen LogP contribution is -2.07. The van der Waals surface area contributed by atoms with Crippen molar-refractivity contribution in [1.29, 1.82) is 0 Å². The Morgan fingerprint density at radius 3 is 2.61 bits per heavy atom. The van der Waals surface area contributed by atoms with E-state index in [1.807, 2.05) is 49.4 Å². The summed E-state index contributed by atoms with van der Waals surface area (Å²) in [7, 11) is 1.62. The van der Waals surface area contributed by atoms with Crippen molar-refractivity contribution >= 4 is 40.9 Å². The highest BCUT2D eigenvalue weighted by atomic mass is 35.5. The van der Waals surface area contributed by atoms with Crippen LogP contribution in [0.15, 0.2) is 79.1 Å². The topological polar surface area (TPSA) is 65.4 Å². The first-order valence-corrected chi connectivity index (χ1v) is 12.0. The third-order valence-corrected chi connectivity index (χ3v) is 6.11. The van der Waals surface area contributed by atoms with Crippen molar-refractivity contribution in [2.24, 2.45) is 0 Å². The van der Waals surface area contributed by atoms with E-state index in [4.69, 9.17) is 32.7 Å². The second-order valence-corrected chi connectivity index (χ2v) is 8.94. The van der Waals surface area contributed by atoms with E-state index in [9.17, 15) is 4.79 Å². The first-order valence-electron chi connectivity index (χ1n) is 11.2. The fourth-order valence-corrected chi connectivity index (χ4v) is 4.11. The van der Waals surface area contributed by atoms with Crippen molar-refractivity contribution in [3.63, 3.8) is 0 Å². The Bertz CT molecular complexity index is 1380. The van der Waals surface area contributed by atoms with Gasteiger partial charge in [-0.3, -0.25) is 9.48 Å². The zero-order valence-electron chi connectivity index (χ0n) is 19.9. The molecule has 0 bridgehead atoms. The Balaban J connectivity index is 1.38. The van der Waals surface area contributed by atoms with Gasteiger partial charge in [-0.05, 0) is 60.5 Å². The number of hydrogen-bond donors (Lipinski definition) is 1. The Kier molecular flexibility index (Phi) is 8.31. The molecule has 0 fully saturated rings. The van der Waals surface area contributed by atoms with Gasteiger partial charge < -0.3 is 14.8 Å². The lowest BCUT2D eigenvalue weighted by molar-refractivity contribution is -0.111. The molecule has 0 unspecified atom stereocenters. The molecule has 8 heteroatoms. The fraction of sp³-hybridized carbons (Fsp3) is 0.143. The van der Waals surface area contributed by atoms with Crippen LogP contribution < -0.4 is 14.8 Å². The number of nitrogens with one attached hydrogen (secondary N) is 1. The van der Waals surface area contributed by atoms with Crippen LogP contribution in [-0.4, -0.2) is 22.8 Å². The van der Waals surface area contributed by atoms with Crippen molar-refractivity contribution in [2.45, 2.75) is 20.1 Å². The molecule has 1 heterocycles. The van der Waals surface area contributed by atoms with Gasteiger partial charge in [0.15, 0.2) is 0 Å². The predicted octanol–water partition coefficient (Wildman–Crippen LogP) is 6.79. The largest absolute Gasteiger partial charge is 0.496 e. The van der Waals surface area contributed by atoms with E-state index in [1.54, 1.807) is 48.5 Å². The summed E-state index contributed by atoms with van der Waals surface area (Å²) in [5.74, 6) is 1.23. The van der Waals surface area contributed by atoms with Crippen molar-refractivity contribution in [3.8, 4) is 11.5 Å². The molecular formula is C28H25Cl2N3O3. The van der Waals surface area contributed by atoms with E-state index in [1.165, 1.54) is 6.08 Å². The van der Waals surface area contributed by atoms with Gasteiger partial charge in [-0.15, -0.1) is 0 Å². The molecule has 0 saturated heterocycles. The number of benzene rings is 3. The number of methoxy groups -OCH3 is 1. The van der Waals surface area contributed by atoms with Gasteiger partial charge in [-0.1, -0.05) is 47.5 Å².